The summed E-state index contributed by atoms with van der Waals surface area (Å²) in [4.78, 5) is 14.2. The number of amides is 2. The van der Waals surface area contributed by atoms with Crippen molar-refractivity contribution in [1.82, 2.24) is 14.5 Å². The van der Waals surface area contributed by atoms with E-state index in [-0.39, 0.29) is 24.0 Å². The van der Waals surface area contributed by atoms with Crippen molar-refractivity contribution in [2.45, 2.75) is 11.8 Å². The van der Waals surface area contributed by atoms with Gasteiger partial charge in [-0.1, -0.05) is 48.0 Å². The van der Waals surface area contributed by atoms with Gasteiger partial charge in [-0.3, -0.25) is 0 Å². The normalized spacial score (nSPS) is 15.8. The minimum atomic E-state index is -3.51. The quantitative estimate of drug-likeness (QED) is 0.880. The number of carbonyl (C=O) groups excluding carboxylic acids is 1. The van der Waals surface area contributed by atoms with E-state index in [4.69, 9.17) is 0 Å². The molecule has 0 spiro atoms. The van der Waals surface area contributed by atoms with E-state index in [0.29, 0.717) is 13.1 Å². The Morgan fingerprint density at radius 2 is 1.59 bits per heavy atom. The molecule has 1 aliphatic heterocycles. The number of carbonyl (C=O) groups is 1. The molecule has 6 nitrogen and oxygen atoms in total. The Morgan fingerprint density at radius 3 is 2.22 bits per heavy atom. The van der Waals surface area contributed by atoms with Crippen LogP contribution in [0.15, 0.2) is 65.7 Å². The predicted molar refractivity (Wildman–Crippen MR) is 106 cm³/mol. The molecule has 1 aliphatic rings. The van der Waals surface area contributed by atoms with Crippen molar-refractivity contribution in [2.75, 3.05) is 26.2 Å². The number of sulfonamides is 1. The summed E-state index contributed by atoms with van der Waals surface area (Å²) >= 11 is 0. The lowest BCUT2D eigenvalue weighted by atomic mass is 10.1. The van der Waals surface area contributed by atoms with Crippen molar-refractivity contribution < 1.29 is 13.2 Å². The van der Waals surface area contributed by atoms with Crippen LogP contribution in [0.2, 0.25) is 0 Å². The van der Waals surface area contributed by atoms with Gasteiger partial charge in [-0.15, -0.1) is 0 Å². The first-order valence-corrected chi connectivity index (χ1v) is 10.2. The van der Waals surface area contributed by atoms with E-state index in [9.17, 15) is 13.2 Å². The van der Waals surface area contributed by atoms with Gasteiger partial charge >= 0.3 is 6.03 Å². The Labute approximate surface area is 160 Å². The highest BCUT2D eigenvalue weighted by molar-refractivity contribution is 7.89. The fourth-order valence-corrected chi connectivity index (χ4v) is 4.29. The van der Waals surface area contributed by atoms with E-state index < -0.39 is 10.0 Å². The second-order valence-electron chi connectivity index (χ2n) is 6.40. The first kappa shape index (κ1) is 19.1. The molecule has 1 saturated heterocycles. The summed E-state index contributed by atoms with van der Waals surface area (Å²) in [7, 11) is -3.51. The monoisotopic (exact) mass is 385 g/mol. The van der Waals surface area contributed by atoms with E-state index in [1.807, 2.05) is 37.3 Å². The summed E-state index contributed by atoms with van der Waals surface area (Å²) in [6, 6.07) is 16.1. The standard InChI is InChI=1S/C20H23N3O3S/c1-17-7-9-18(10-8-17)11-12-21-20(24)22-13-15-23(16-14-22)27(25,26)19-5-3-2-4-6-19/h2-12H,13-16H2,1H3,(H,21,24)/b12-11+. The van der Waals surface area contributed by atoms with Crippen LogP contribution >= 0.6 is 0 Å². The highest BCUT2D eigenvalue weighted by Gasteiger charge is 2.29. The second kappa shape index (κ2) is 8.37. The van der Waals surface area contributed by atoms with E-state index in [0.717, 1.165) is 5.56 Å². The first-order chi connectivity index (χ1) is 13.0. The molecule has 0 aromatic heterocycles. The van der Waals surface area contributed by atoms with Crippen LogP contribution in [0.1, 0.15) is 11.1 Å². The highest BCUT2D eigenvalue weighted by Crippen LogP contribution is 2.17. The van der Waals surface area contributed by atoms with Crippen LogP contribution in [0.4, 0.5) is 4.79 Å². The number of nitrogens with one attached hydrogen (secondary N) is 1. The van der Waals surface area contributed by atoms with Crippen LogP contribution in [0.5, 0.6) is 0 Å². The van der Waals surface area contributed by atoms with Crippen LogP contribution in [0, 0.1) is 6.92 Å². The van der Waals surface area contributed by atoms with Gasteiger partial charge in [0.1, 0.15) is 0 Å². The van der Waals surface area contributed by atoms with Crippen LogP contribution in [-0.4, -0.2) is 49.8 Å². The number of urea groups is 1. The molecule has 0 unspecified atom stereocenters. The third kappa shape index (κ3) is 4.75. The lowest BCUT2D eigenvalue weighted by Gasteiger charge is -2.33. The van der Waals surface area contributed by atoms with Crippen molar-refractivity contribution >= 4 is 22.1 Å². The molecule has 142 valence electrons. The van der Waals surface area contributed by atoms with Crippen molar-refractivity contribution in [3.63, 3.8) is 0 Å². The number of aryl methyl sites for hydroxylation is 1. The molecule has 0 bridgehead atoms. The average molecular weight is 385 g/mol. The zero-order chi connectivity index (χ0) is 19.3. The molecule has 1 heterocycles. The Balaban J connectivity index is 1.53. The lowest BCUT2D eigenvalue weighted by Crippen LogP contribution is -2.52. The molecule has 1 N–H and O–H groups in total. The van der Waals surface area contributed by atoms with Crippen LogP contribution in [0.25, 0.3) is 6.08 Å². The van der Waals surface area contributed by atoms with Gasteiger partial charge < -0.3 is 10.2 Å². The maximum absolute atomic E-state index is 12.6. The molecule has 1 fully saturated rings. The summed E-state index contributed by atoms with van der Waals surface area (Å²) in [5.74, 6) is 0. The van der Waals surface area contributed by atoms with Gasteiger partial charge in [-0.25, -0.2) is 13.2 Å². The molecule has 27 heavy (non-hydrogen) atoms. The molecule has 2 amide bonds. The van der Waals surface area contributed by atoms with Crippen LogP contribution in [0.3, 0.4) is 0 Å². The van der Waals surface area contributed by atoms with Gasteiger partial charge in [-0.2, -0.15) is 4.31 Å². The van der Waals surface area contributed by atoms with Crippen molar-refractivity contribution in [3.05, 3.63) is 71.9 Å². The minimum Gasteiger partial charge on any atom is -0.322 e. The zero-order valence-electron chi connectivity index (χ0n) is 15.2. The molecule has 0 atom stereocenters. The van der Waals surface area contributed by atoms with Gasteiger partial charge in [0.2, 0.25) is 10.0 Å². The molecule has 0 radical (unpaired) electrons. The van der Waals surface area contributed by atoms with Gasteiger partial charge in [0.05, 0.1) is 4.90 Å². The highest BCUT2D eigenvalue weighted by atomic mass is 32.2. The summed E-state index contributed by atoms with van der Waals surface area (Å²) < 4.78 is 26.6. The van der Waals surface area contributed by atoms with E-state index in [2.05, 4.69) is 5.32 Å². The topological polar surface area (TPSA) is 69.7 Å². The second-order valence-corrected chi connectivity index (χ2v) is 8.34. The SMILES string of the molecule is Cc1ccc(/C=C/NC(=O)N2CCN(S(=O)(=O)c3ccccc3)CC2)cc1. The summed E-state index contributed by atoms with van der Waals surface area (Å²) in [5.41, 5.74) is 2.18. The van der Waals surface area contributed by atoms with E-state index in [1.165, 1.54) is 9.87 Å². The molecule has 7 heteroatoms. The van der Waals surface area contributed by atoms with E-state index >= 15 is 0 Å². The fraction of sp³-hybridized carbons (Fsp3) is 0.250. The minimum absolute atomic E-state index is 0.227. The van der Waals surface area contributed by atoms with Crippen LogP contribution < -0.4 is 5.32 Å². The van der Waals surface area contributed by atoms with Crippen molar-refractivity contribution in [2.24, 2.45) is 0 Å². The first-order valence-electron chi connectivity index (χ1n) is 8.81. The molecular formula is C20H23N3O3S. The maximum atomic E-state index is 12.6. The maximum Gasteiger partial charge on any atom is 0.321 e. The Morgan fingerprint density at radius 1 is 0.963 bits per heavy atom. The van der Waals surface area contributed by atoms with E-state index in [1.54, 1.807) is 41.4 Å². The lowest BCUT2D eigenvalue weighted by molar-refractivity contribution is 0.175. The van der Waals surface area contributed by atoms with Crippen molar-refractivity contribution in [1.29, 1.82) is 0 Å². The Bertz CT molecular complexity index is 901. The molecule has 2 aromatic carbocycles. The number of nitrogens with zero attached hydrogens (tertiary/aromatic N) is 2. The third-order valence-corrected chi connectivity index (χ3v) is 6.38. The van der Waals surface area contributed by atoms with Crippen LogP contribution in [-0.2, 0) is 10.0 Å². The van der Waals surface area contributed by atoms with Gasteiger partial charge in [0.15, 0.2) is 0 Å². The summed E-state index contributed by atoms with van der Waals surface area (Å²) in [6.45, 7) is 3.30. The molecular weight excluding hydrogens is 362 g/mol. The molecule has 3 rings (SSSR count). The smallest absolute Gasteiger partial charge is 0.321 e. The fourth-order valence-electron chi connectivity index (χ4n) is 2.85. The number of hydrogen-bond donors (Lipinski definition) is 1. The number of hydrogen-bond acceptors (Lipinski definition) is 3. The van der Waals surface area contributed by atoms with Gasteiger partial charge in [0, 0.05) is 32.4 Å². The average Bonchev–Trinajstić information content (AvgIpc) is 2.70. The summed E-state index contributed by atoms with van der Waals surface area (Å²) in [6.07, 6.45) is 3.44. The van der Waals surface area contributed by atoms with Gasteiger partial charge in [0.25, 0.3) is 0 Å². The molecule has 2 aromatic rings. The Kier molecular flexibility index (Phi) is 5.93. The largest absolute Gasteiger partial charge is 0.322 e. The van der Waals surface area contributed by atoms with Crippen molar-refractivity contribution in [3.8, 4) is 0 Å². The van der Waals surface area contributed by atoms with Gasteiger partial charge in [-0.05, 0) is 30.7 Å². The number of benzene rings is 2. The zero-order valence-corrected chi connectivity index (χ0v) is 16.0. The third-order valence-electron chi connectivity index (χ3n) is 4.47. The molecule has 0 saturated carbocycles. The predicted octanol–water partition coefficient (Wildman–Crippen LogP) is 2.68. The summed E-state index contributed by atoms with van der Waals surface area (Å²) in [5, 5.41) is 2.74. The molecule has 0 aliphatic carbocycles. The Hall–Kier alpha value is -2.64. The number of piperazine rings is 1. The number of rotatable bonds is 4.